The van der Waals surface area contributed by atoms with Crippen molar-refractivity contribution in [3.63, 3.8) is 0 Å². The van der Waals surface area contributed by atoms with Crippen LogP contribution < -0.4 is 0 Å². The maximum absolute atomic E-state index is 12.7. The van der Waals surface area contributed by atoms with Gasteiger partial charge in [0.2, 0.25) is 0 Å². The number of halogens is 4. The van der Waals surface area contributed by atoms with E-state index in [2.05, 4.69) is 15.9 Å². The first kappa shape index (κ1) is 14.2. The zero-order chi connectivity index (χ0) is 15.0. The Morgan fingerprint density at radius 2 is 1.76 bits per heavy atom. The summed E-state index contributed by atoms with van der Waals surface area (Å²) in [6, 6.07) is 12.7. The van der Waals surface area contributed by atoms with E-state index in [-0.39, 0.29) is 0 Å². The standard InChI is InChI=1S/C16H10BrF3O/c17-14-5-2-6-15-13(14)9-12(21-15)8-10-3-1-4-11(7-10)16(18,19)20/h1-7,9H,8H2. The van der Waals surface area contributed by atoms with Crippen LogP contribution in [0.25, 0.3) is 11.0 Å². The van der Waals surface area contributed by atoms with Crippen LogP contribution in [-0.4, -0.2) is 0 Å². The van der Waals surface area contributed by atoms with Crippen molar-refractivity contribution in [3.8, 4) is 0 Å². The van der Waals surface area contributed by atoms with E-state index in [1.165, 1.54) is 6.07 Å². The minimum atomic E-state index is -4.33. The van der Waals surface area contributed by atoms with E-state index < -0.39 is 11.7 Å². The summed E-state index contributed by atoms with van der Waals surface area (Å²) in [6.07, 6.45) is -4.00. The van der Waals surface area contributed by atoms with Gasteiger partial charge in [-0.1, -0.05) is 40.2 Å². The van der Waals surface area contributed by atoms with Gasteiger partial charge in [0.25, 0.3) is 0 Å². The lowest BCUT2D eigenvalue weighted by Crippen LogP contribution is -2.05. The molecule has 0 aliphatic heterocycles. The first-order valence-corrected chi connectivity index (χ1v) is 7.06. The Bertz CT molecular complexity index is 790. The number of fused-ring (bicyclic) bond motifs is 1. The van der Waals surface area contributed by atoms with Gasteiger partial charge in [0.05, 0.1) is 5.56 Å². The molecular weight excluding hydrogens is 345 g/mol. The van der Waals surface area contributed by atoms with Crippen LogP contribution in [0.15, 0.2) is 57.4 Å². The Kier molecular flexibility index (Phi) is 3.53. The van der Waals surface area contributed by atoms with Gasteiger partial charge in [-0.3, -0.25) is 0 Å². The van der Waals surface area contributed by atoms with Gasteiger partial charge in [-0.25, -0.2) is 0 Å². The van der Waals surface area contributed by atoms with E-state index in [0.29, 0.717) is 23.3 Å². The molecule has 0 amide bonds. The van der Waals surface area contributed by atoms with Crippen molar-refractivity contribution in [3.05, 3.63) is 69.9 Å². The van der Waals surface area contributed by atoms with Crippen molar-refractivity contribution in [2.24, 2.45) is 0 Å². The van der Waals surface area contributed by atoms with E-state index >= 15 is 0 Å². The fourth-order valence-electron chi connectivity index (χ4n) is 2.22. The van der Waals surface area contributed by atoms with Crippen molar-refractivity contribution < 1.29 is 17.6 Å². The molecule has 21 heavy (non-hydrogen) atoms. The molecule has 5 heteroatoms. The zero-order valence-corrected chi connectivity index (χ0v) is 12.3. The summed E-state index contributed by atoms with van der Waals surface area (Å²) in [5.74, 6) is 0.635. The van der Waals surface area contributed by atoms with Crippen molar-refractivity contribution in [1.29, 1.82) is 0 Å². The molecular formula is C16H10BrF3O. The van der Waals surface area contributed by atoms with Crippen LogP contribution >= 0.6 is 15.9 Å². The lowest BCUT2D eigenvalue weighted by atomic mass is 10.1. The molecule has 1 aromatic heterocycles. The Morgan fingerprint density at radius 1 is 1.00 bits per heavy atom. The smallest absolute Gasteiger partial charge is 0.416 e. The lowest BCUT2D eigenvalue weighted by molar-refractivity contribution is -0.137. The van der Waals surface area contributed by atoms with Crippen LogP contribution in [-0.2, 0) is 12.6 Å². The molecule has 0 spiro atoms. The van der Waals surface area contributed by atoms with E-state index in [9.17, 15) is 13.2 Å². The largest absolute Gasteiger partial charge is 0.461 e. The third kappa shape index (κ3) is 2.97. The van der Waals surface area contributed by atoms with Crippen LogP contribution in [0.1, 0.15) is 16.9 Å². The van der Waals surface area contributed by atoms with E-state index in [0.717, 1.165) is 22.0 Å². The van der Waals surface area contributed by atoms with Gasteiger partial charge in [-0.05, 0) is 29.8 Å². The Labute approximate surface area is 127 Å². The topological polar surface area (TPSA) is 13.1 Å². The average Bonchev–Trinajstić information content (AvgIpc) is 2.82. The molecule has 0 fully saturated rings. The molecule has 2 aromatic carbocycles. The minimum Gasteiger partial charge on any atom is -0.461 e. The van der Waals surface area contributed by atoms with Gasteiger partial charge in [-0.15, -0.1) is 0 Å². The van der Waals surface area contributed by atoms with Crippen molar-refractivity contribution >= 4 is 26.9 Å². The fourth-order valence-corrected chi connectivity index (χ4v) is 2.69. The SMILES string of the molecule is FC(F)(F)c1cccc(Cc2cc3c(Br)cccc3o2)c1. The molecule has 3 rings (SSSR count). The molecule has 0 bridgehead atoms. The number of rotatable bonds is 2. The fraction of sp³-hybridized carbons (Fsp3) is 0.125. The Morgan fingerprint density at radius 3 is 2.48 bits per heavy atom. The van der Waals surface area contributed by atoms with E-state index in [4.69, 9.17) is 4.42 Å². The molecule has 0 saturated heterocycles. The minimum absolute atomic E-state index is 0.324. The van der Waals surface area contributed by atoms with Gasteiger partial charge in [0.1, 0.15) is 11.3 Å². The predicted molar refractivity (Wildman–Crippen MR) is 78.2 cm³/mol. The van der Waals surface area contributed by atoms with Gasteiger partial charge >= 0.3 is 6.18 Å². The number of alkyl halides is 3. The molecule has 3 aromatic rings. The first-order valence-electron chi connectivity index (χ1n) is 6.26. The molecule has 1 heterocycles. The molecule has 0 atom stereocenters. The summed E-state index contributed by atoms with van der Waals surface area (Å²) in [5, 5.41) is 0.916. The van der Waals surface area contributed by atoms with Crippen LogP contribution in [0.5, 0.6) is 0 Å². The highest BCUT2D eigenvalue weighted by Crippen LogP contribution is 2.31. The average molecular weight is 355 g/mol. The third-order valence-electron chi connectivity index (χ3n) is 3.19. The molecule has 0 N–H and O–H groups in total. The molecule has 0 saturated carbocycles. The normalized spacial score (nSPS) is 12.0. The molecule has 0 unspecified atom stereocenters. The monoisotopic (exact) mass is 354 g/mol. The second-order valence-electron chi connectivity index (χ2n) is 4.74. The highest BCUT2D eigenvalue weighted by molar-refractivity contribution is 9.10. The third-order valence-corrected chi connectivity index (χ3v) is 3.88. The molecule has 0 radical (unpaired) electrons. The number of furan rings is 1. The van der Waals surface area contributed by atoms with Crippen molar-refractivity contribution in [2.75, 3.05) is 0 Å². The van der Waals surface area contributed by atoms with Gasteiger partial charge < -0.3 is 4.42 Å². The maximum Gasteiger partial charge on any atom is 0.416 e. The Balaban J connectivity index is 1.93. The Hall–Kier alpha value is -1.75. The van der Waals surface area contributed by atoms with Gasteiger partial charge in [-0.2, -0.15) is 13.2 Å². The number of hydrogen-bond donors (Lipinski definition) is 0. The number of hydrogen-bond acceptors (Lipinski definition) is 1. The van der Waals surface area contributed by atoms with Gasteiger partial charge in [0.15, 0.2) is 0 Å². The second-order valence-corrected chi connectivity index (χ2v) is 5.59. The molecule has 0 aliphatic rings. The van der Waals surface area contributed by atoms with E-state index in [1.54, 1.807) is 6.07 Å². The summed E-state index contributed by atoms with van der Waals surface area (Å²) < 4.78 is 44.7. The van der Waals surface area contributed by atoms with Gasteiger partial charge in [0, 0.05) is 16.3 Å². The number of benzene rings is 2. The quantitative estimate of drug-likeness (QED) is 0.566. The summed E-state index contributed by atoms with van der Waals surface area (Å²) in [5.41, 5.74) is 0.642. The van der Waals surface area contributed by atoms with E-state index in [1.807, 2.05) is 24.3 Å². The van der Waals surface area contributed by atoms with Crippen molar-refractivity contribution in [1.82, 2.24) is 0 Å². The molecule has 1 nitrogen and oxygen atoms in total. The summed E-state index contributed by atoms with van der Waals surface area (Å²) in [6.45, 7) is 0. The van der Waals surface area contributed by atoms with Crippen LogP contribution in [0.3, 0.4) is 0 Å². The summed E-state index contributed by atoms with van der Waals surface area (Å²) >= 11 is 3.42. The van der Waals surface area contributed by atoms with Crippen LogP contribution in [0.2, 0.25) is 0 Å². The van der Waals surface area contributed by atoms with Crippen LogP contribution in [0, 0.1) is 0 Å². The van der Waals surface area contributed by atoms with Crippen LogP contribution in [0.4, 0.5) is 13.2 Å². The lowest BCUT2D eigenvalue weighted by Gasteiger charge is -2.07. The second kappa shape index (κ2) is 5.22. The molecule has 0 aliphatic carbocycles. The first-order chi connectivity index (χ1) is 9.93. The highest BCUT2D eigenvalue weighted by atomic mass is 79.9. The predicted octanol–water partition coefficient (Wildman–Crippen LogP) is 5.80. The maximum atomic E-state index is 12.7. The summed E-state index contributed by atoms with van der Waals surface area (Å²) in [7, 11) is 0. The summed E-state index contributed by atoms with van der Waals surface area (Å²) in [4.78, 5) is 0. The van der Waals surface area contributed by atoms with Crippen molar-refractivity contribution in [2.45, 2.75) is 12.6 Å². The molecule has 108 valence electrons. The zero-order valence-electron chi connectivity index (χ0n) is 10.7. The highest BCUT2D eigenvalue weighted by Gasteiger charge is 2.30.